The highest BCUT2D eigenvalue weighted by Gasteiger charge is 2.59. The zero-order valence-electron chi connectivity index (χ0n) is 8.63. The van der Waals surface area contributed by atoms with Gasteiger partial charge in [0.15, 0.2) is 0 Å². The maximum absolute atomic E-state index is 13.4. The van der Waals surface area contributed by atoms with Crippen LogP contribution in [0.2, 0.25) is 5.02 Å². The van der Waals surface area contributed by atoms with Crippen LogP contribution in [-0.2, 0) is 5.41 Å². The molecule has 1 aliphatic carbocycles. The Morgan fingerprint density at radius 2 is 2.33 bits per heavy atom. The molecule has 3 heteroatoms. The highest BCUT2D eigenvalue weighted by molar-refractivity contribution is 6.30. The summed E-state index contributed by atoms with van der Waals surface area (Å²) >= 11 is 5.69. The Morgan fingerprint density at radius 1 is 1.53 bits per heavy atom. The van der Waals surface area contributed by atoms with Gasteiger partial charge in [-0.25, -0.2) is 4.39 Å². The predicted molar refractivity (Wildman–Crippen MR) is 58.7 cm³/mol. The number of likely N-dealkylation sites (tertiary alicyclic amines) is 1. The summed E-state index contributed by atoms with van der Waals surface area (Å²) in [6, 6.07) is 5.26. The van der Waals surface area contributed by atoms with E-state index >= 15 is 0 Å². The molecule has 1 heterocycles. The van der Waals surface area contributed by atoms with E-state index in [4.69, 9.17) is 11.6 Å². The Balaban J connectivity index is 1.97. The molecule has 2 atom stereocenters. The minimum atomic E-state index is -0.288. The average Bonchev–Trinajstić information content (AvgIpc) is 2.75. The van der Waals surface area contributed by atoms with Crippen LogP contribution < -0.4 is 0 Å². The van der Waals surface area contributed by atoms with Crippen LogP contribution in [-0.4, -0.2) is 25.0 Å². The molecule has 1 aromatic carbocycles. The minimum absolute atomic E-state index is 0.221. The first-order valence-corrected chi connectivity index (χ1v) is 5.64. The molecule has 1 nitrogen and oxygen atoms in total. The molecule has 1 saturated carbocycles. The minimum Gasteiger partial charge on any atom is -0.305 e. The SMILES string of the molecule is CN1C[C@@H]2C[C@@]2(c2ccc(Cl)c(F)c2)C1. The third-order valence-electron chi connectivity index (χ3n) is 3.81. The first-order chi connectivity index (χ1) is 7.12. The predicted octanol–water partition coefficient (Wildman–Crippen LogP) is 2.68. The maximum Gasteiger partial charge on any atom is 0.142 e. The maximum atomic E-state index is 13.4. The van der Waals surface area contributed by atoms with Gasteiger partial charge in [0.2, 0.25) is 0 Å². The van der Waals surface area contributed by atoms with Crippen LogP contribution in [0.3, 0.4) is 0 Å². The summed E-state index contributed by atoms with van der Waals surface area (Å²) in [5.41, 5.74) is 1.36. The molecule has 2 aliphatic rings. The van der Waals surface area contributed by atoms with Gasteiger partial charge in [-0.15, -0.1) is 0 Å². The van der Waals surface area contributed by atoms with Crippen molar-refractivity contribution in [2.75, 3.05) is 20.1 Å². The summed E-state index contributed by atoms with van der Waals surface area (Å²) in [5, 5.41) is 0.221. The van der Waals surface area contributed by atoms with Crippen LogP contribution in [0, 0.1) is 11.7 Å². The monoisotopic (exact) mass is 225 g/mol. The summed E-state index contributed by atoms with van der Waals surface area (Å²) < 4.78 is 13.4. The second-order valence-electron chi connectivity index (χ2n) is 4.88. The zero-order valence-corrected chi connectivity index (χ0v) is 9.39. The first-order valence-electron chi connectivity index (χ1n) is 5.26. The molecule has 0 N–H and O–H groups in total. The number of hydrogen-bond donors (Lipinski definition) is 0. The summed E-state index contributed by atoms with van der Waals surface area (Å²) in [7, 11) is 2.13. The van der Waals surface area contributed by atoms with Gasteiger partial charge in [0.05, 0.1) is 5.02 Å². The Morgan fingerprint density at radius 3 is 2.93 bits per heavy atom. The van der Waals surface area contributed by atoms with Crippen molar-refractivity contribution in [3.05, 3.63) is 34.6 Å². The van der Waals surface area contributed by atoms with E-state index in [0.717, 1.165) is 24.6 Å². The van der Waals surface area contributed by atoms with E-state index in [1.54, 1.807) is 12.1 Å². The van der Waals surface area contributed by atoms with Crippen LogP contribution in [0.15, 0.2) is 18.2 Å². The van der Waals surface area contributed by atoms with Gasteiger partial charge in [-0.2, -0.15) is 0 Å². The van der Waals surface area contributed by atoms with Gasteiger partial charge in [-0.1, -0.05) is 17.7 Å². The fourth-order valence-corrected chi connectivity index (χ4v) is 3.10. The highest BCUT2D eigenvalue weighted by Crippen LogP contribution is 2.58. The van der Waals surface area contributed by atoms with Gasteiger partial charge in [-0.3, -0.25) is 0 Å². The van der Waals surface area contributed by atoms with Gasteiger partial charge < -0.3 is 4.90 Å². The summed E-state index contributed by atoms with van der Waals surface area (Å²) in [6.07, 6.45) is 1.21. The molecular formula is C12H13ClFN. The van der Waals surface area contributed by atoms with Crippen molar-refractivity contribution in [1.29, 1.82) is 0 Å². The van der Waals surface area contributed by atoms with E-state index < -0.39 is 0 Å². The molecule has 80 valence electrons. The van der Waals surface area contributed by atoms with Crippen LogP contribution >= 0.6 is 11.6 Å². The number of benzene rings is 1. The largest absolute Gasteiger partial charge is 0.305 e. The van der Waals surface area contributed by atoms with Crippen LogP contribution in [0.4, 0.5) is 4.39 Å². The van der Waals surface area contributed by atoms with E-state index in [9.17, 15) is 4.39 Å². The van der Waals surface area contributed by atoms with Crippen molar-refractivity contribution in [1.82, 2.24) is 4.90 Å². The Hall–Kier alpha value is -0.600. The molecule has 0 unspecified atom stereocenters. The number of hydrogen-bond acceptors (Lipinski definition) is 1. The lowest BCUT2D eigenvalue weighted by Crippen LogP contribution is -2.22. The number of fused-ring (bicyclic) bond motifs is 1. The Bertz CT molecular complexity index is 420. The molecular weight excluding hydrogens is 213 g/mol. The number of halogens is 2. The standard InChI is InChI=1S/C12H13ClFN/c1-15-6-9-5-12(9,7-15)8-2-3-10(13)11(14)4-8/h2-4,9H,5-7H2,1H3/t9-,12-/m0/s1. The topological polar surface area (TPSA) is 3.24 Å². The number of rotatable bonds is 1. The van der Waals surface area contributed by atoms with Gasteiger partial charge in [0, 0.05) is 18.5 Å². The number of piperidine rings is 1. The van der Waals surface area contributed by atoms with Crippen molar-refractivity contribution >= 4 is 11.6 Å². The van der Waals surface area contributed by atoms with E-state index in [0.29, 0.717) is 0 Å². The quantitative estimate of drug-likeness (QED) is 0.711. The van der Waals surface area contributed by atoms with Gasteiger partial charge in [-0.05, 0) is 37.1 Å². The zero-order chi connectivity index (χ0) is 10.6. The third kappa shape index (κ3) is 1.31. The molecule has 0 radical (unpaired) electrons. The third-order valence-corrected chi connectivity index (χ3v) is 4.12. The summed E-state index contributed by atoms with van der Waals surface area (Å²) in [4.78, 5) is 2.32. The van der Waals surface area contributed by atoms with Crippen molar-refractivity contribution in [2.45, 2.75) is 11.8 Å². The van der Waals surface area contributed by atoms with Crippen LogP contribution in [0.25, 0.3) is 0 Å². The Labute approximate surface area is 93.8 Å². The van der Waals surface area contributed by atoms with Gasteiger partial charge >= 0.3 is 0 Å². The second-order valence-corrected chi connectivity index (χ2v) is 5.29. The summed E-state index contributed by atoms with van der Waals surface area (Å²) in [5.74, 6) is 0.437. The molecule has 0 spiro atoms. The fourth-order valence-electron chi connectivity index (χ4n) is 2.99. The van der Waals surface area contributed by atoms with Crippen molar-refractivity contribution in [2.24, 2.45) is 5.92 Å². The molecule has 15 heavy (non-hydrogen) atoms. The van der Waals surface area contributed by atoms with E-state index in [1.165, 1.54) is 6.42 Å². The second kappa shape index (κ2) is 2.96. The molecule has 0 bridgehead atoms. The van der Waals surface area contributed by atoms with E-state index in [1.807, 2.05) is 6.07 Å². The lowest BCUT2D eigenvalue weighted by molar-refractivity contribution is 0.363. The van der Waals surface area contributed by atoms with E-state index in [2.05, 4.69) is 11.9 Å². The lowest BCUT2D eigenvalue weighted by atomic mass is 9.95. The molecule has 3 rings (SSSR count). The Kier molecular flexibility index (Phi) is 1.89. The average molecular weight is 226 g/mol. The molecule has 1 saturated heterocycles. The van der Waals surface area contributed by atoms with Crippen molar-refractivity contribution in [3.8, 4) is 0 Å². The van der Waals surface area contributed by atoms with E-state index in [-0.39, 0.29) is 16.3 Å². The highest BCUT2D eigenvalue weighted by atomic mass is 35.5. The number of nitrogens with zero attached hydrogens (tertiary/aromatic N) is 1. The van der Waals surface area contributed by atoms with Crippen molar-refractivity contribution in [3.63, 3.8) is 0 Å². The smallest absolute Gasteiger partial charge is 0.142 e. The first kappa shape index (κ1) is 9.61. The molecule has 1 aliphatic heterocycles. The van der Waals surface area contributed by atoms with Crippen molar-refractivity contribution < 1.29 is 4.39 Å². The molecule has 2 fully saturated rings. The fraction of sp³-hybridized carbons (Fsp3) is 0.500. The summed E-state index contributed by atoms with van der Waals surface area (Å²) in [6.45, 7) is 2.20. The van der Waals surface area contributed by atoms with Crippen LogP contribution in [0.5, 0.6) is 0 Å². The lowest BCUT2D eigenvalue weighted by Gasteiger charge is -2.16. The normalized spacial score (nSPS) is 34.2. The number of likely N-dealkylation sites (N-methyl/N-ethyl adjacent to an activating group) is 1. The molecule has 0 amide bonds. The van der Waals surface area contributed by atoms with Gasteiger partial charge in [0.25, 0.3) is 0 Å². The molecule has 0 aromatic heterocycles. The molecule has 1 aromatic rings. The van der Waals surface area contributed by atoms with Gasteiger partial charge in [0.1, 0.15) is 5.82 Å². The van der Waals surface area contributed by atoms with Crippen LogP contribution in [0.1, 0.15) is 12.0 Å².